The summed E-state index contributed by atoms with van der Waals surface area (Å²) in [6.45, 7) is 0. The Balaban J connectivity index is 1.25. The van der Waals surface area contributed by atoms with Crippen molar-refractivity contribution in [2.45, 2.75) is 88.9 Å². The molecule has 2 aromatic carbocycles. The zero-order chi connectivity index (χ0) is 23.8. The number of carbonyl (C=O) groups is 1. The minimum Gasteiger partial charge on any atom is -0.398 e. The van der Waals surface area contributed by atoms with Gasteiger partial charge in [0.15, 0.2) is 0 Å². The Morgan fingerprint density at radius 3 is 1.47 bits per heavy atom. The molecule has 4 N–H and O–H groups in total. The van der Waals surface area contributed by atoms with Crippen molar-refractivity contribution in [3.05, 3.63) is 70.8 Å². The number of rotatable bonds is 8. The molecule has 0 spiro atoms. The van der Waals surface area contributed by atoms with Crippen molar-refractivity contribution < 1.29 is 4.79 Å². The van der Waals surface area contributed by atoms with E-state index >= 15 is 0 Å². The van der Waals surface area contributed by atoms with Gasteiger partial charge in [0.1, 0.15) is 5.78 Å². The van der Waals surface area contributed by atoms with Crippen LogP contribution in [0.5, 0.6) is 0 Å². The number of hydrogen-bond donors (Lipinski definition) is 2. The van der Waals surface area contributed by atoms with Gasteiger partial charge in [0.05, 0.1) is 0 Å². The minimum atomic E-state index is 0.200. The zero-order valence-electron chi connectivity index (χ0n) is 20.5. The Labute approximate surface area is 205 Å². The molecular formula is C31H40N2O. The minimum absolute atomic E-state index is 0.200. The third kappa shape index (κ3) is 6.62. The topological polar surface area (TPSA) is 69.1 Å². The fourth-order valence-corrected chi connectivity index (χ4v) is 5.70. The van der Waals surface area contributed by atoms with Gasteiger partial charge in [-0.15, -0.1) is 0 Å². The molecule has 0 unspecified atom stereocenters. The number of hydrogen-bond acceptors (Lipinski definition) is 3. The number of carbonyl (C=O) groups excluding carboxylic acids is 1. The van der Waals surface area contributed by atoms with E-state index < -0.39 is 0 Å². The van der Waals surface area contributed by atoms with Crippen LogP contribution >= 0.6 is 0 Å². The monoisotopic (exact) mass is 456 g/mol. The average Bonchev–Trinajstić information content (AvgIpc) is 2.85. The fourth-order valence-electron chi connectivity index (χ4n) is 5.70. The second-order valence-electron chi connectivity index (χ2n) is 10.2. The molecule has 0 aliphatic heterocycles. The Morgan fingerprint density at radius 1 is 0.676 bits per heavy atom. The van der Waals surface area contributed by atoms with Gasteiger partial charge in [0.25, 0.3) is 0 Å². The fraction of sp³-hybridized carbons (Fsp3) is 0.452. The van der Waals surface area contributed by atoms with Crippen LogP contribution in [-0.4, -0.2) is 5.78 Å². The van der Waals surface area contributed by atoms with Crippen molar-refractivity contribution in [2.24, 2.45) is 0 Å². The average molecular weight is 457 g/mol. The lowest BCUT2D eigenvalue weighted by Gasteiger charge is -2.23. The highest BCUT2D eigenvalue weighted by atomic mass is 16.1. The maximum absolute atomic E-state index is 12.3. The van der Waals surface area contributed by atoms with Crippen LogP contribution in [0.3, 0.4) is 0 Å². The van der Waals surface area contributed by atoms with Crippen LogP contribution in [0, 0.1) is 0 Å². The number of ketones is 1. The van der Waals surface area contributed by atoms with E-state index in [4.69, 9.17) is 11.5 Å². The molecule has 2 aromatic rings. The van der Waals surface area contributed by atoms with Gasteiger partial charge < -0.3 is 11.5 Å². The lowest BCUT2D eigenvalue weighted by Crippen LogP contribution is -2.07. The van der Waals surface area contributed by atoms with E-state index in [0.29, 0.717) is 24.7 Å². The summed E-state index contributed by atoms with van der Waals surface area (Å²) >= 11 is 0. The van der Waals surface area contributed by atoms with Gasteiger partial charge >= 0.3 is 0 Å². The predicted molar refractivity (Wildman–Crippen MR) is 146 cm³/mol. The molecule has 0 radical (unpaired) electrons. The first kappa shape index (κ1) is 24.3. The zero-order valence-corrected chi connectivity index (χ0v) is 20.5. The SMILES string of the molecule is Nc1cc(C=CCC(=O)CC=Cc2ccc(C3CCCCC3)c(N)c2)ccc1C1CCCCC1. The van der Waals surface area contributed by atoms with E-state index in [-0.39, 0.29) is 5.78 Å². The first-order valence-corrected chi connectivity index (χ1v) is 13.2. The largest absolute Gasteiger partial charge is 0.398 e. The lowest BCUT2D eigenvalue weighted by atomic mass is 9.83. The summed E-state index contributed by atoms with van der Waals surface area (Å²) in [6.07, 6.45) is 21.7. The smallest absolute Gasteiger partial charge is 0.140 e. The molecular weight excluding hydrogens is 416 g/mol. The molecule has 2 aliphatic carbocycles. The van der Waals surface area contributed by atoms with Crippen molar-refractivity contribution in [3.8, 4) is 0 Å². The van der Waals surface area contributed by atoms with Crippen LogP contribution in [0.25, 0.3) is 12.2 Å². The number of benzene rings is 2. The summed E-state index contributed by atoms with van der Waals surface area (Å²) in [5, 5.41) is 0. The van der Waals surface area contributed by atoms with Crippen molar-refractivity contribution in [3.63, 3.8) is 0 Å². The van der Waals surface area contributed by atoms with E-state index in [1.165, 1.54) is 75.3 Å². The van der Waals surface area contributed by atoms with Crippen LogP contribution in [0.15, 0.2) is 48.6 Å². The van der Waals surface area contributed by atoms with E-state index in [1.807, 2.05) is 36.4 Å². The van der Waals surface area contributed by atoms with Gasteiger partial charge in [0, 0.05) is 24.2 Å². The van der Waals surface area contributed by atoms with Crippen LogP contribution in [0.1, 0.15) is 111 Å². The first-order valence-electron chi connectivity index (χ1n) is 13.2. The highest BCUT2D eigenvalue weighted by Gasteiger charge is 2.18. The molecule has 0 atom stereocenters. The number of nitrogen functional groups attached to an aromatic ring is 2. The number of nitrogens with two attached hydrogens (primary N) is 2. The number of Topliss-reactive ketones (excluding diaryl/α,β-unsaturated/α-hetero) is 1. The molecule has 0 amide bonds. The molecule has 180 valence electrons. The molecule has 34 heavy (non-hydrogen) atoms. The van der Waals surface area contributed by atoms with Gasteiger partial charge in [-0.25, -0.2) is 0 Å². The molecule has 3 nitrogen and oxygen atoms in total. The summed E-state index contributed by atoms with van der Waals surface area (Å²) < 4.78 is 0. The molecule has 0 bridgehead atoms. The number of allylic oxidation sites excluding steroid dienone is 2. The van der Waals surface area contributed by atoms with Crippen molar-refractivity contribution in [1.82, 2.24) is 0 Å². The molecule has 0 saturated heterocycles. The Morgan fingerprint density at radius 2 is 1.09 bits per heavy atom. The van der Waals surface area contributed by atoms with E-state index in [2.05, 4.69) is 24.3 Å². The maximum Gasteiger partial charge on any atom is 0.140 e. The summed E-state index contributed by atoms with van der Waals surface area (Å²) in [7, 11) is 0. The van der Waals surface area contributed by atoms with E-state index in [9.17, 15) is 4.79 Å². The van der Waals surface area contributed by atoms with E-state index in [1.54, 1.807) is 0 Å². The lowest BCUT2D eigenvalue weighted by molar-refractivity contribution is -0.117. The summed E-state index contributed by atoms with van der Waals surface area (Å²) in [5.41, 5.74) is 19.2. The quantitative estimate of drug-likeness (QED) is 0.395. The van der Waals surface area contributed by atoms with Crippen LogP contribution in [0.4, 0.5) is 11.4 Å². The molecule has 4 rings (SSSR count). The van der Waals surface area contributed by atoms with Crippen molar-refractivity contribution >= 4 is 29.3 Å². The van der Waals surface area contributed by atoms with Crippen LogP contribution in [-0.2, 0) is 4.79 Å². The van der Waals surface area contributed by atoms with Gasteiger partial charge in [0.2, 0.25) is 0 Å². The Hall–Kier alpha value is -2.81. The second-order valence-corrected chi connectivity index (χ2v) is 10.2. The first-order chi connectivity index (χ1) is 16.6. The highest BCUT2D eigenvalue weighted by molar-refractivity contribution is 5.83. The Kier molecular flexibility index (Phi) is 8.62. The summed E-state index contributed by atoms with van der Waals surface area (Å²) in [5.74, 6) is 1.42. The molecule has 2 aliphatic rings. The summed E-state index contributed by atoms with van der Waals surface area (Å²) in [4.78, 5) is 12.3. The van der Waals surface area contributed by atoms with Crippen LogP contribution in [0.2, 0.25) is 0 Å². The standard InChI is InChI=1S/C31H40N2O/c32-30-21-23(17-19-28(30)25-11-3-1-4-12-25)9-7-15-27(34)16-8-10-24-18-20-29(31(33)22-24)26-13-5-2-6-14-26/h7-10,17-22,25-26H,1-6,11-16,32-33H2. The molecule has 0 aromatic heterocycles. The molecule has 2 saturated carbocycles. The van der Waals surface area contributed by atoms with Crippen LogP contribution < -0.4 is 11.5 Å². The van der Waals surface area contributed by atoms with Gasteiger partial charge in [-0.1, -0.05) is 87.1 Å². The molecule has 0 heterocycles. The molecule has 3 heteroatoms. The normalized spacial score (nSPS) is 18.1. The number of anilines is 2. The highest BCUT2D eigenvalue weighted by Crippen LogP contribution is 2.37. The van der Waals surface area contributed by atoms with Gasteiger partial charge in [-0.3, -0.25) is 4.79 Å². The second kappa shape index (κ2) is 12.1. The third-order valence-electron chi connectivity index (χ3n) is 7.62. The maximum atomic E-state index is 12.3. The van der Waals surface area contributed by atoms with E-state index in [0.717, 1.165) is 22.5 Å². The van der Waals surface area contributed by atoms with Gasteiger partial charge in [-0.05, 0) is 71.9 Å². The summed E-state index contributed by atoms with van der Waals surface area (Å²) in [6, 6.07) is 12.7. The van der Waals surface area contributed by atoms with Crippen molar-refractivity contribution in [2.75, 3.05) is 11.5 Å². The van der Waals surface area contributed by atoms with Gasteiger partial charge in [-0.2, -0.15) is 0 Å². The van der Waals surface area contributed by atoms with Crippen molar-refractivity contribution in [1.29, 1.82) is 0 Å². The molecule has 2 fully saturated rings. The third-order valence-corrected chi connectivity index (χ3v) is 7.62. The predicted octanol–water partition coefficient (Wildman–Crippen LogP) is 8.02. The Bertz CT molecular complexity index is 942.